The first kappa shape index (κ1) is 16.1. The van der Waals surface area contributed by atoms with E-state index < -0.39 is 0 Å². The minimum atomic E-state index is 0. The van der Waals surface area contributed by atoms with Crippen molar-refractivity contribution < 1.29 is 5.11 Å². The number of aryl methyl sites for hydroxylation is 1. The number of fused-ring (bicyclic) bond motifs is 1. The van der Waals surface area contributed by atoms with E-state index in [4.69, 9.17) is 0 Å². The second-order valence-corrected chi connectivity index (χ2v) is 5.54. The van der Waals surface area contributed by atoms with Gasteiger partial charge in [0, 0.05) is 6.04 Å². The minimum Gasteiger partial charge on any atom is -0.508 e. The van der Waals surface area contributed by atoms with Gasteiger partial charge in [0.25, 0.3) is 0 Å². The predicted octanol–water partition coefficient (Wildman–Crippen LogP) is 3.66. The molecule has 0 aromatic heterocycles. The number of benzene rings is 2. The van der Waals surface area contributed by atoms with Crippen molar-refractivity contribution in [1.29, 1.82) is 0 Å². The van der Waals surface area contributed by atoms with Crippen LogP contribution >= 0.6 is 17.0 Å². The number of halogens is 1. The molecular weight excluding hydrogens is 326 g/mol. The Bertz CT molecular complexity index is 585. The van der Waals surface area contributed by atoms with Crippen molar-refractivity contribution >= 4 is 17.0 Å². The summed E-state index contributed by atoms with van der Waals surface area (Å²) >= 11 is 0. The van der Waals surface area contributed by atoms with E-state index in [0.29, 0.717) is 11.8 Å². The molecule has 2 nitrogen and oxygen atoms in total. The molecule has 1 aliphatic rings. The van der Waals surface area contributed by atoms with Crippen molar-refractivity contribution in [3.63, 3.8) is 0 Å². The average molecular weight is 348 g/mol. The van der Waals surface area contributed by atoms with Gasteiger partial charge in [0.05, 0.1) is 0 Å². The molecule has 2 aromatic carbocycles. The molecule has 0 bridgehead atoms. The van der Waals surface area contributed by atoms with Gasteiger partial charge in [-0.2, -0.15) is 0 Å². The molecule has 1 aliphatic carbocycles. The molecule has 1 unspecified atom stereocenters. The van der Waals surface area contributed by atoms with Crippen LogP contribution in [-0.4, -0.2) is 17.7 Å². The summed E-state index contributed by atoms with van der Waals surface area (Å²) in [4.78, 5) is 0. The van der Waals surface area contributed by atoms with Crippen LogP contribution in [0.4, 0.5) is 0 Å². The van der Waals surface area contributed by atoms with Crippen molar-refractivity contribution in [2.45, 2.75) is 31.7 Å². The molecule has 0 fully saturated rings. The molecule has 0 radical (unpaired) electrons. The summed E-state index contributed by atoms with van der Waals surface area (Å²) in [7, 11) is 0. The number of hydrogen-bond donors (Lipinski definition) is 2. The van der Waals surface area contributed by atoms with E-state index in [1.54, 1.807) is 6.07 Å². The Balaban J connectivity index is 0.00000161. The maximum absolute atomic E-state index is 9.75. The molecule has 0 saturated carbocycles. The van der Waals surface area contributed by atoms with Gasteiger partial charge in [0.2, 0.25) is 0 Å². The predicted molar refractivity (Wildman–Crippen MR) is 92.4 cm³/mol. The van der Waals surface area contributed by atoms with E-state index >= 15 is 0 Å². The van der Waals surface area contributed by atoms with Crippen LogP contribution in [0.3, 0.4) is 0 Å². The summed E-state index contributed by atoms with van der Waals surface area (Å²) in [6, 6.07) is 16.9. The van der Waals surface area contributed by atoms with E-state index in [1.807, 2.05) is 18.2 Å². The van der Waals surface area contributed by atoms with Crippen molar-refractivity contribution in [2.75, 3.05) is 6.54 Å². The average Bonchev–Trinajstić information content (AvgIpc) is 2.49. The highest BCUT2D eigenvalue weighted by Crippen LogP contribution is 2.21. The lowest BCUT2D eigenvalue weighted by Crippen LogP contribution is -2.35. The number of phenols is 1. The summed E-state index contributed by atoms with van der Waals surface area (Å²) in [5.41, 5.74) is 4.02. The fraction of sp³-hybridized carbons (Fsp3) is 0.333. The van der Waals surface area contributed by atoms with Crippen LogP contribution in [0.5, 0.6) is 5.75 Å². The third-order valence-corrected chi connectivity index (χ3v) is 4.17. The maximum Gasteiger partial charge on any atom is 0.118 e. The van der Waals surface area contributed by atoms with Crippen molar-refractivity contribution in [2.24, 2.45) is 0 Å². The van der Waals surface area contributed by atoms with Gasteiger partial charge >= 0.3 is 0 Å². The van der Waals surface area contributed by atoms with Crippen LogP contribution in [-0.2, 0) is 19.3 Å². The molecule has 2 aromatic rings. The Morgan fingerprint density at radius 2 is 1.71 bits per heavy atom. The first-order chi connectivity index (χ1) is 9.83. The number of para-hydroxylation sites is 1. The van der Waals surface area contributed by atoms with Crippen molar-refractivity contribution in [3.05, 3.63) is 65.2 Å². The largest absolute Gasteiger partial charge is 0.508 e. The molecule has 21 heavy (non-hydrogen) atoms. The van der Waals surface area contributed by atoms with Crippen LogP contribution in [0.25, 0.3) is 0 Å². The van der Waals surface area contributed by atoms with Crippen LogP contribution in [0.2, 0.25) is 0 Å². The molecule has 0 spiro atoms. The second-order valence-electron chi connectivity index (χ2n) is 5.54. The SMILES string of the molecule is Br.Oc1ccccc1CCNC1CCc2ccccc2C1. The van der Waals surface area contributed by atoms with Gasteiger partial charge in [0.15, 0.2) is 0 Å². The van der Waals surface area contributed by atoms with E-state index in [9.17, 15) is 5.11 Å². The van der Waals surface area contributed by atoms with Gasteiger partial charge in [-0.1, -0.05) is 42.5 Å². The maximum atomic E-state index is 9.75. The van der Waals surface area contributed by atoms with Gasteiger partial charge in [-0.3, -0.25) is 0 Å². The monoisotopic (exact) mass is 347 g/mol. The topological polar surface area (TPSA) is 32.3 Å². The molecular formula is C18H22BrNO. The lowest BCUT2D eigenvalue weighted by atomic mass is 9.88. The number of aromatic hydroxyl groups is 1. The van der Waals surface area contributed by atoms with Crippen LogP contribution < -0.4 is 5.32 Å². The summed E-state index contributed by atoms with van der Waals surface area (Å²) < 4.78 is 0. The molecule has 2 N–H and O–H groups in total. The Labute approximate surface area is 137 Å². The summed E-state index contributed by atoms with van der Waals surface area (Å²) in [6.07, 6.45) is 4.38. The van der Waals surface area contributed by atoms with Gasteiger partial charge in [-0.15, -0.1) is 17.0 Å². The smallest absolute Gasteiger partial charge is 0.118 e. The number of rotatable bonds is 4. The van der Waals surface area contributed by atoms with Crippen LogP contribution in [0.15, 0.2) is 48.5 Å². The molecule has 0 amide bonds. The normalized spacial score (nSPS) is 16.9. The summed E-state index contributed by atoms with van der Waals surface area (Å²) in [6.45, 7) is 0.921. The van der Waals surface area contributed by atoms with E-state index in [1.165, 1.54) is 24.0 Å². The van der Waals surface area contributed by atoms with Crippen LogP contribution in [0.1, 0.15) is 23.1 Å². The zero-order valence-electron chi connectivity index (χ0n) is 12.1. The number of nitrogens with one attached hydrogen (secondary N) is 1. The quantitative estimate of drug-likeness (QED) is 0.884. The lowest BCUT2D eigenvalue weighted by Gasteiger charge is -2.25. The Hall–Kier alpha value is -1.32. The van der Waals surface area contributed by atoms with Crippen LogP contribution in [0, 0.1) is 0 Å². The summed E-state index contributed by atoms with van der Waals surface area (Å²) in [5.74, 6) is 0.406. The van der Waals surface area contributed by atoms with Gasteiger partial charge < -0.3 is 10.4 Å². The summed E-state index contributed by atoms with van der Waals surface area (Å²) in [5, 5.41) is 13.4. The second kappa shape index (κ2) is 7.62. The molecule has 1 atom stereocenters. The Morgan fingerprint density at radius 3 is 2.52 bits per heavy atom. The van der Waals surface area contributed by atoms with E-state index in [2.05, 4.69) is 29.6 Å². The molecule has 112 valence electrons. The third-order valence-electron chi connectivity index (χ3n) is 4.17. The Morgan fingerprint density at radius 1 is 1.00 bits per heavy atom. The minimum absolute atomic E-state index is 0. The molecule has 0 heterocycles. The van der Waals surface area contributed by atoms with Gasteiger partial charge in [-0.25, -0.2) is 0 Å². The fourth-order valence-corrected chi connectivity index (χ4v) is 3.01. The first-order valence-corrected chi connectivity index (χ1v) is 7.40. The number of phenolic OH excluding ortho intramolecular Hbond substituents is 1. The molecule has 3 rings (SSSR count). The third kappa shape index (κ3) is 4.08. The van der Waals surface area contributed by atoms with Gasteiger partial charge in [-0.05, 0) is 55.0 Å². The van der Waals surface area contributed by atoms with Crippen molar-refractivity contribution in [1.82, 2.24) is 5.32 Å². The lowest BCUT2D eigenvalue weighted by molar-refractivity contribution is 0.449. The number of hydrogen-bond acceptors (Lipinski definition) is 2. The van der Waals surface area contributed by atoms with E-state index in [-0.39, 0.29) is 17.0 Å². The van der Waals surface area contributed by atoms with Crippen molar-refractivity contribution in [3.8, 4) is 5.75 Å². The highest BCUT2D eigenvalue weighted by Gasteiger charge is 2.17. The zero-order valence-corrected chi connectivity index (χ0v) is 13.8. The highest BCUT2D eigenvalue weighted by molar-refractivity contribution is 8.93. The Kier molecular flexibility index (Phi) is 5.83. The highest BCUT2D eigenvalue weighted by atomic mass is 79.9. The molecule has 0 saturated heterocycles. The zero-order chi connectivity index (χ0) is 13.8. The van der Waals surface area contributed by atoms with E-state index in [0.717, 1.165) is 24.9 Å². The molecule has 3 heteroatoms. The standard InChI is InChI=1S/C18H21NO.BrH/c20-18-8-4-3-6-15(18)11-12-19-17-10-9-14-5-1-2-7-16(14)13-17;/h1-8,17,19-20H,9-13H2;1H. The first-order valence-electron chi connectivity index (χ1n) is 7.40. The fourth-order valence-electron chi connectivity index (χ4n) is 3.01. The van der Waals surface area contributed by atoms with Gasteiger partial charge in [0.1, 0.15) is 5.75 Å². The molecule has 0 aliphatic heterocycles.